The van der Waals surface area contributed by atoms with Crippen LogP contribution < -0.4 is 5.32 Å². The molecule has 4 heteroatoms. The fourth-order valence-corrected chi connectivity index (χ4v) is 2.28. The van der Waals surface area contributed by atoms with Crippen molar-refractivity contribution >= 4 is 10.9 Å². The number of nitrogens with zero attached hydrogens (tertiary/aromatic N) is 1. The summed E-state index contributed by atoms with van der Waals surface area (Å²) in [6, 6.07) is 9.35. The molecule has 0 aliphatic rings. The van der Waals surface area contributed by atoms with Gasteiger partial charge in [0.2, 0.25) is 5.95 Å². The maximum atomic E-state index is 13.1. The second-order valence-corrected chi connectivity index (χ2v) is 4.47. The highest BCUT2D eigenvalue weighted by Gasteiger charge is 2.05. The molecular formula is C15H14FN3. The summed E-state index contributed by atoms with van der Waals surface area (Å²) in [5, 5.41) is 4.33. The van der Waals surface area contributed by atoms with Crippen molar-refractivity contribution in [1.29, 1.82) is 0 Å². The van der Waals surface area contributed by atoms with E-state index in [1.807, 2.05) is 31.4 Å². The van der Waals surface area contributed by atoms with Crippen molar-refractivity contribution in [2.24, 2.45) is 0 Å². The Morgan fingerprint density at radius 2 is 2.05 bits per heavy atom. The van der Waals surface area contributed by atoms with Gasteiger partial charge in [-0.05, 0) is 35.9 Å². The zero-order valence-corrected chi connectivity index (χ0v) is 10.6. The lowest BCUT2D eigenvalue weighted by atomic mass is 10.0. The SMILES string of the molecule is CNCc1c[nH]c2cc(-c3ccnc(F)c3)ccc12. The van der Waals surface area contributed by atoms with E-state index in [0.29, 0.717) is 0 Å². The third-order valence-corrected chi connectivity index (χ3v) is 3.19. The molecule has 19 heavy (non-hydrogen) atoms. The highest BCUT2D eigenvalue weighted by Crippen LogP contribution is 2.26. The molecule has 0 amide bonds. The predicted octanol–water partition coefficient (Wildman–Crippen LogP) is 3.09. The molecule has 0 fully saturated rings. The van der Waals surface area contributed by atoms with Crippen molar-refractivity contribution in [3.8, 4) is 11.1 Å². The topological polar surface area (TPSA) is 40.7 Å². The minimum atomic E-state index is -0.458. The number of hydrogen-bond acceptors (Lipinski definition) is 2. The van der Waals surface area contributed by atoms with E-state index in [4.69, 9.17) is 0 Å². The predicted molar refractivity (Wildman–Crippen MR) is 74.3 cm³/mol. The van der Waals surface area contributed by atoms with Crippen LogP contribution in [-0.2, 0) is 6.54 Å². The molecule has 96 valence electrons. The molecule has 0 aliphatic heterocycles. The van der Waals surface area contributed by atoms with Gasteiger partial charge in [-0.2, -0.15) is 4.39 Å². The van der Waals surface area contributed by atoms with Gasteiger partial charge in [-0.1, -0.05) is 12.1 Å². The van der Waals surface area contributed by atoms with Gasteiger partial charge in [0.25, 0.3) is 0 Å². The minimum absolute atomic E-state index is 0.458. The standard InChI is InChI=1S/C15H14FN3/c1-17-8-12-9-19-14-6-10(2-3-13(12)14)11-4-5-18-15(16)7-11/h2-7,9,17,19H,8H2,1H3. The van der Waals surface area contributed by atoms with E-state index in [1.165, 1.54) is 23.2 Å². The van der Waals surface area contributed by atoms with Crippen LogP contribution in [0.15, 0.2) is 42.7 Å². The fraction of sp³-hybridized carbons (Fsp3) is 0.133. The van der Waals surface area contributed by atoms with Gasteiger partial charge in [0, 0.05) is 35.9 Å². The van der Waals surface area contributed by atoms with Gasteiger partial charge in [0.1, 0.15) is 0 Å². The third kappa shape index (κ3) is 2.22. The third-order valence-electron chi connectivity index (χ3n) is 3.19. The summed E-state index contributed by atoms with van der Waals surface area (Å²) in [6.07, 6.45) is 3.48. The highest BCUT2D eigenvalue weighted by atomic mass is 19.1. The summed E-state index contributed by atoms with van der Waals surface area (Å²) in [6.45, 7) is 0.823. The number of rotatable bonds is 3. The van der Waals surface area contributed by atoms with E-state index in [-0.39, 0.29) is 0 Å². The molecule has 2 heterocycles. The average molecular weight is 255 g/mol. The Hall–Kier alpha value is -2.20. The smallest absolute Gasteiger partial charge is 0.213 e. The summed E-state index contributed by atoms with van der Waals surface area (Å²) in [7, 11) is 1.92. The number of hydrogen-bond donors (Lipinski definition) is 2. The number of nitrogens with one attached hydrogen (secondary N) is 2. The summed E-state index contributed by atoms with van der Waals surface area (Å²) in [5.41, 5.74) is 4.09. The van der Waals surface area contributed by atoms with E-state index in [9.17, 15) is 4.39 Å². The number of halogens is 1. The van der Waals surface area contributed by atoms with Gasteiger partial charge in [-0.15, -0.1) is 0 Å². The quantitative estimate of drug-likeness (QED) is 0.706. The van der Waals surface area contributed by atoms with Crippen molar-refractivity contribution < 1.29 is 4.39 Å². The lowest BCUT2D eigenvalue weighted by Gasteiger charge is -2.03. The van der Waals surface area contributed by atoms with E-state index in [2.05, 4.69) is 21.4 Å². The van der Waals surface area contributed by atoms with Crippen LogP contribution in [0.2, 0.25) is 0 Å². The van der Waals surface area contributed by atoms with Crippen LogP contribution in [0, 0.1) is 5.95 Å². The monoisotopic (exact) mass is 255 g/mol. The number of pyridine rings is 1. The van der Waals surface area contributed by atoms with E-state index >= 15 is 0 Å². The molecule has 0 aliphatic carbocycles. The average Bonchev–Trinajstić information content (AvgIpc) is 2.82. The second-order valence-electron chi connectivity index (χ2n) is 4.47. The first-order valence-electron chi connectivity index (χ1n) is 6.14. The molecule has 0 saturated heterocycles. The number of H-pyrrole nitrogens is 1. The molecule has 0 atom stereocenters. The molecule has 1 aromatic carbocycles. The zero-order chi connectivity index (χ0) is 13.2. The molecule has 0 spiro atoms. The highest BCUT2D eigenvalue weighted by molar-refractivity contribution is 5.87. The summed E-state index contributed by atoms with van der Waals surface area (Å²) >= 11 is 0. The fourth-order valence-electron chi connectivity index (χ4n) is 2.28. The van der Waals surface area contributed by atoms with Crippen LogP contribution in [0.3, 0.4) is 0 Å². The van der Waals surface area contributed by atoms with Crippen LogP contribution in [0.5, 0.6) is 0 Å². The van der Waals surface area contributed by atoms with E-state index < -0.39 is 5.95 Å². The summed E-state index contributed by atoms with van der Waals surface area (Å²) < 4.78 is 13.1. The van der Waals surface area contributed by atoms with E-state index in [1.54, 1.807) is 0 Å². The number of fused-ring (bicyclic) bond motifs is 1. The molecule has 3 nitrogen and oxygen atoms in total. The molecular weight excluding hydrogens is 241 g/mol. The van der Waals surface area contributed by atoms with Gasteiger partial charge >= 0.3 is 0 Å². The second kappa shape index (κ2) is 4.82. The molecule has 3 rings (SSSR count). The zero-order valence-electron chi connectivity index (χ0n) is 10.6. The number of aromatic amines is 1. The lowest BCUT2D eigenvalue weighted by Crippen LogP contribution is -2.03. The maximum absolute atomic E-state index is 13.1. The molecule has 0 bridgehead atoms. The van der Waals surface area contributed by atoms with Crippen molar-refractivity contribution in [2.45, 2.75) is 6.54 Å². The lowest BCUT2D eigenvalue weighted by molar-refractivity contribution is 0.584. The molecule has 2 N–H and O–H groups in total. The Morgan fingerprint density at radius 1 is 1.21 bits per heavy atom. The van der Waals surface area contributed by atoms with Crippen LogP contribution >= 0.6 is 0 Å². The molecule has 3 aromatic rings. The van der Waals surface area contributed by atoms with E-state index in [0.717, 1.165) is 23.2 Å². The van der Waals surface area contributed by atoms with Crippen LogP contribution in [-0.4, -0.2) is 17.0 Å². The van der Waals surface area contributed by atoms with Crippen molar-refractivity contribution in [3.63, 3.8) is 0 Å². The maximum Gasteiger partial charge on any atom is 0.213 e. The molecule has 0 unspecified atom stereocenters. The minimum Gasteiger partial charge on any atom is -0.361 e. The first-order valence-corrected chi connectivity index (χ1v) is 6.14. The Morgan fingerprint density at radius 3 is 2.84 bits per heavy atom. The van der Waals surface area contributed by atoms with Crippen LogP contribution in [0.4, 0.5) is 4.39 Å². The Kier molecular flexibility index (Phi) is 3.01. The van der Waals surface area contributed by atoms with Crippen molar-refractivity contribution in [2.75, 3.05) is 7.05 Å². The molecule has 0 saturated carbocycles. The first kappa shape index (κ1) is 11.9. The Balaban J connectivity index is 2.07. The van der Waals surface area contributed by atoms with Crippen molar-refractivity contribution in [3.05, 3.63) is 54.2 Å². The van der Waals surface area contributed by atoms with Gasteiger partial charge < -0.3 is 10.3 Å². The summed E-state index contributed by atoms with van der Waals surface area (Å²) in [4.78, 5) is 6.82. The summed E-state index contributed by atoms with van der Waals surface area (Å²) in [5.74, 6) is -0.458. The van der Waals surface area contributed by atoms with Gasteiger partial charge in [0.15, 0.2) is 0 Å². The van der Waals surface area contributed by atoms with Crippen LogP contribution in [0.1, 0.15) is 5.56 Å². The largest absolute Gasteiger partial charge is 0.361 e. The number of aromatic nitrogens is 2. The van der Waals surface area contributed by atoms with Gasteiger partial charge in [-0.25, -0.2) is 4.98 Å². The van der Waals surface area contributed by atoms with Gasteiger partial charge in [0.05, 0.1) is 0 Å². The Labute approximate surface area is 110 Å². The Bertz CT molecular complexity index is 718. The molecule has 2 aromatic heterocycles. The number of benzene rings is 1. The van der Waals surface area contributed by atoms with Crippen LogP contribution in [0.25, 0.3) is 22.0 Å². The van der Waals surface area contributed by atoms with Crippen molar-refractivity contribution in [1.82, 2.24) is 15.3 Å². The molecule has 0 radical (unpaired) electrons. The van der Waals surface area contributed by atoms with Gasteiger partial charge in [-0.3, -0.25) is 0 Å². The first-order chi connectivity index (χ1) is 9.28. The normalized spacial score (nSPS) is 11.1.